The number of carbonyl (C=O) groups is 1. The van der Waals surface area contributed by atoms with Crippen LogP contribution in [0.2, 0.25) is 0 Å². The Morgan fingerprint density at radius 2 is 2.00 bits per heavy atom. The molecule has 0 saturated carbocycles. The Balaban J connectivity index is 3.79. The number of hydrogen-bond donors (Lipinski definition) is 0. The molecule has 0 bridgehead atoms. The number of ether oxygens (including phenoxy) is 2. The minimum absolute atomic E-state index is 0.0184. The van der Waals surface area contributed by atoms with Gasteiger partial charge in [0.25, 0.3) is 0 Å². The van der Waals surface area contributed by atoms with Gasteiger partial charge in [0.1, 0.15) is 0 Å². The van der Waals surface area contributed by atoms with E-state index >= 15 is 0 Å². The standard InChI is InChI=1S/C10H20O3/c1-4-5-6-9(7-8-12-2)10(11)13-3/h9H,4-8H2,1-3H3. The largest absolute Gasteiger partial charge is 0.469 e. The Kier molecular flexibility index (Phi) is 7.69. The quantitative estimate of drug-likeness (QED) is 0.573. The third kappa shape index (κ3) is 5.64. The highest BCUT2D eigenvalue weighted by molar-refractivity contribution is 5.72. The lowest BCUT2D eigenvalue weighted by Crippen LogP contribution is -2.17. The van der Waals surface area contributed by atoms with Crippen LogP contribution >= 0.6 is 0 Å². The first-order chi connectivity index (χ1) is 6.26. The summed E-state index contributed by atoms with van der Waals surface area (Å²) < 4.78 is 9.65. The molecular formula is C10H20O3. The zero-order chi connectivity index (χ0) is 10.1. The van der Waals surface area contributed by atoms with Crippen LogP contribution in [0.1, 0.15) is 32.6 Å². The molecule has 0 aromatic carbocycles. The first-order valence-corrected chi connectivity index (χ1v) is 4.83. The van der Waals surface area contributed by atoms with Gasteiger partial charge in [0.2, 0.25) is 0 Å². The van der Waals surface area contributed by atoms with E-state index < -0.39 is 0 Å². The van der Waals surface area contributed by atoms with Crippen molar-refractivity contribution >= 4 is 5.97 Å². The second-order valence-corrected chi connectivity index (χ2v) is 3.14. The minimum Gasteiger partial charge on any atom is -0.469 e. The predicted octanol–water partition coefficient (Wildman–Crippen LogP) is 2.00. The van der Waals surface area contributed by atoms with Crippen molar-refractivity contribution in [3.05, 3.63) is 0 Å². The average Bonchev–Trinajstić information content (AvgIpc) is 2.17. The van der Waals surface area contributed by atoms with E-state index in [9.17, 15) is 4.79 Å². The summed E-state index contributed by atoms with van der Waals surface area (Å²) >= 11 is 0. The van der Waals surface area contributed by atoms with Crippen LogP contribution in [0, 0.1) is 5.92 Å². The van der Waals surface area contributed by atoms with Crippen molar-refractivity contribution in [3.8, 4) is 0 Å². The van der Waals surface area contributed by atoms with Crippen molar-refractivity contribution in [1.29, 1.82) is 0 Å². The Labute approximate surface area is 80.4 Å². The molecule has 0 aliphatic rings. The second kappa shape index (κ2) is 8.05. The van der Waals surface area contributed by atoms with Crippen LogP contribution in [0.15, 0.2) is 0 Å². The maximum absolute atomic E-state index is 11.2. The molecule has 0 amide bonds. The van der Waals surface area contributed by atoms with Gasteiger partial charge >= 0.3 is 5.97 Å². The van der Waals surface area contributed by atoms with Gasteiger partial charge in [-0.05, 0) is 12.8 Å². The molecule has 0 aromatic rings. The molecule has 1 atom stereocenters. The number of unbranched alkanes of at least 4 members (excludes halogenated alkanes) is 1. The highest BCUT2D eigenvalue weighted by Gasteiger charge is 2.17. The zero-order valence-corrected chi connectivity index (χ0v) is 8.84. The van der Waals surface area contributed by atoms with Crippen molar-refractivity contribution in [2.75, 3.05) is 20.8 Å². The lowest BCUT2D eigenvalue weighted by molar-refractivity contribution is -0.146. The summed E-state index contributed by atoms with van der Waals surface area (Å²) in [6, 6.07) is 0. The number of esters is 1. The topological polar surface area (TPSA) is 35.5 Å². The molecule has 0 aliphatic heterocycles. The van der Waals surface area contributed by atoms with Gasteiger partial charge in [-0.25, -0.2) is 0 Å². The molecule has 0 N–H and O–H groups in total. The maximum atomic E-state index is 11.2. The summed E-state index contributed by atoms with van der Waals surface area (Å²) in [6.07, 6.45) is 3.86. The summed E-state index contributed by atoms with van der Waals surface area (Å²) in [6.45, 7) is 2.74. The monoisotopic (exact) mass is 188 g/mol. The zero-order valence-electron chi connectivity index (χ0n) is 8.84. The molecule has 13 heavy (non-hydrogen) atoms. The fourth-order valence-electron chi connectivity index (χ4n) is 1.26. The van der Waals surface area contributed by atoms with E-state index in [2.05, 4.69) is 6.92 Å². The van der Waals surface area contributed by atoms with E-state index in [1.54, 1.807) is 7.11 Å². The van der Waals surface area contributed by atoms with Crippen LogP contribution in [0.4, 0.5) is 0 Å². The van der Waals surface area contributed by atoms with Gasteiger partial charge in [-0.15, -0.1) is 0 Å². The molecule has 0 spiro atoms. The van der Waals surface area contributed by atoms with Crippen LogP contribution in [0.3, 0.4) is 0 Å². The van der Waals surface area contributed by atoms with Crippen molar-refractivity contribution in [2.45, 2.75) is 32.6 Å². The Bertz CT molecular complexity index is 126. The Morgan fingerprint density at radius 1 is 1.31 bits per heavy atom. The Hall–Kier alpha value is -0.570. The molecule has 0 radical (unpaired) electrons. The number of methoxy groups -OCH3 is 2. The van der Waals surface area contributed by atoms with Gasteiger partial charge < -0.3 is 9.47 Å². The van der Waals surface area contributed by atoms with Crippen molar-refractivity contribution < 1.29 is 14.3 Å². The number of hydrogen-bond acceptors (Lipinski definition) is 3. The summed E-state index contributed by atoms with van der Waals surface area (Å²) in [7, 11) is 3.09. The lowest BCUT2D eigenvalue weighted by atomic mass is 9.99. The molecule has 0 saturated heterocycles. The molecule has 78 valence electrons. The summed E-state index contributed by atoms with van der Waals surface area (Å²) in [5.41, 5.74) is 0. The average molecular weight is 188 g/mol. The van der Waals surface area contributed by atoms with Crippen molar-refractivity contribution in [1.82, 2.24) is 0 Å². The highest BCUT2D eigenvalue weighted by Crippen LogP contribution is 2.14. The SMILES string of the molecule is CCCCC(CCOC)C(=O)OC. The first kappa shape index (κ1) is 12.4. The van der Waals surface area contributed by atoms with E-state index in [0.29, 0.717) is 6.61 Å². The predicted molar refractivity (Wildman–Crippen MR) is 51.5 cm³/mol. The fourth-order valence-corrected chi connectivity index (χ4v) is 1.26. The van der Waals surface area contributed by atoms with Gasteiger partial charge in [0.05, 0.1) is 13.0 Å². The van der Waals surface area contributed by atoms with Gasteiger partial charge in [-0.1, -0.05) is 19.8 Å². The van der Waals surface area contributed by atoms with Crippen LogP contribution in [-0.2, 0) is 14.3 Å². The fraction of sp³-hybridized carbons (Fsp3) is 0.900. The highest BCUT2D eigenvalue weighted by atomic mass is 16.5. The summed E-state index contributed by atoms with van der Waals surface area (Å²) in [5, 5.41) is 0. The Morgan fingerprint density at radius 3 is 2.46 bits per heavy atom. The smallest absolute Gasteiger partial charge is 0.308 e. The van der Waals surface area contributed by atoms with E-state index in [1.807, 2.05) is 0 Å². The molecule has 0 fully saturated rings. The van der Waals surface area contributed by atoms with Gasteiger partial charge in [-0.3, -0.25) is 4.79 Å². The molecule has 0 aromatic heterocycles. The van der Waals surface area contributed by atoms with Gasteiger partial charge in [-0.2, -0.15) is 0 Å². The van der Waals surface area contributed by atoms with Gasteiger partial charge in [0, 0.05) is 13.7 Å². The molecule has 0 aliphatic carbocycles. The van der Waals surface area contributed by atoms with E-state index in [0.717, 1.165) is 25.7 Å². The maximum Gasteiger partial charge on any atom is 0.308 e. The van der Waals surface area contributed by atoms with Crippen molar-refractivity contribution in [3.63, 3.8) is 0 Å². The van der Waals surface area contributed by atoms with Gasteiger partial charge in [0.15, 0.2) is 0 Å². The van der Waals surface area contributed by atoms with Crippen molar-refractivity contribution in [2.24, 2.45) is 5.92 Å². The van der Waals surface area contributed by atoms with E-state index in [-0.39, 0.29) is 11.9 Å². The second-order valence-electron chi connectivity index (χ2n) is 3.14. The first-order valence-electron chi connectivity index (χ1n) is 4.83. The van der Waals surface area contributed by atoms with E-state index in [1.165, 1.54) is 7.11 Å². The van der Waals surface area contributed by atoms with Crippen LogP contribution in [0.25, 0.3) is 0 Å². The number of rotatable bonds is 7. The third-order valence-electron chi connectivity index (χ3n) is 2.11. The molecule has 3 nitrogen and oxygen atoms in total. The van der Waals surface area contributed by atoms with E-state index in [4.69, 9.17) is 9.47 Å². The number of carbonyl (C=O) groups excluding carboxylic acids is 1. The summed E-state index contributed by atoms with van der Waals surface area (Å²) in [4.78, 5) is 11.2. The molecule has 0 rings (SSSR count). The summed E-state index contributed by atoms with van der Waals surface area (Å²) in [5.74, 6) is -0.0876. The molecule has 3 heteroatoms. The molecule has 0 heterocycles. The van der Waals surface area contributed by atoms with Crippen LogP contribution in [0.5, 0.6) is 0 Å². The lowest BCUT2D eigenvalue weighted by Gasteiger charge is -2.12. The third-order valence-corrected chi connectivity index (χ3v) is 2.11. The normalized spacial score (nSPS) is 12.5. The molecular weight excluding hydrogens is 168 g/mol. The minimum atomic E-state index is -0.106. The molecule has 1 unspecified atom stereocenters. The van der Waals surface area contributed by atoms with Crippen LogP contribution < -0.4 is 0 Å². The van der Waals surface area contributed by atoms with Crippen LogP contribution in [-0.4, -0.2) is 26.8 Å².